The standard InChI is InChI=1S/C11H10ClNO3/c1-3-6(2)16-10-5-9(13)8(12)4-7(10)11(14)15/h1,4-6H,13H2,2H3,(H,14,15). The summed E-state index contributed by atoms with van der Waals surface area (Å²) in [6.45, 7) is 1.62. The van der Waals surface area contributed by atoms with Gasteiger partial charge >= 0.3 is 5.97 Å². The second-order valence-electron chi connectivity index (χ2n) is 3.10. The number of carboxylic acids is 1. The molecule has 1 atom stereocenters. The van der Waals surface area contributed by atoms with E-state index in [1.807, 2.05) is 0 Å². The molecule has 1 aromatic carbocycles. The van der Waals surface area contributed by atoms with Crippen LogP contribution in [0, 0.1) is 12.3 Å². The second kappa shape index (κ2) is 4.77. The van der Waals surface area contributed by atoms with Crippen molar-refractivity contribution < 1.29 is 14.6 Å². The average Bonchev–Trinajstić information content (AvgIpc) is 2.22. The Kier molecular flexibility index (Phi) is 3.64. The van der Waals surface area contributed by atoms with Gasteiger partial charge in [-0.3, -0.25) is 0 Å². The van der Waals surface area contributed by atoms with Crippen molar-refractivity contribution in [2.45, 2.75) is 13.0 Å². The van der Waals surface area contributed by atoms with Crippen LogP contribution in [-0.4, -0.2) is 17.2 Å². The summed E-state index contributed by atoms with van der Waals surface area (Å²) >= 11 is 5.72. The molecule has 0 bridgehead atoms. The van der Waals surface area contributed by atoms with E-state index in [2.05, 4.69) is 5.92 Å². The number of hydrogen-bond donors (Lipinski definition) is 2. The van der Waals surface area contributed by atoms with Gasteiger partial charge in [-0.1, -0.05) is 17.5 Å². The lowest BCUT2D eigenvalue weighted by atomic mass is 10.2. The Balaban J connectivity index is 3.21. The fraction of sp³-hybridized carbons (Fsp3) is 0.182. The third kappa shape index (κ3) is 2.59. The predicted octanol–water partition coefficient (Wildman–Crippen LogP) is 2.02. The van der Waals surface area contributed by atoms with E-state index in [0.717, 1.165) is 0 Å². The first-order valence-corrected chi connectivity index (χ1v) is 4.78. The Morgan fingerprint density at radius 2 is 2.31 bits per heavy atom. The summed E-state index contributed by atoms with van der Waals surface area (Å²) in [6.07, 6.45) is 4.59. The summed E-state index contributed by atoms with van der Waals surface area (Å²) < 4.78 is 5.24. The van der Waals surface area contributed by atoms with Gasteiger partial charge in [0.2, 0.25) is 0 Å². The number of aromatic carboxylic acids is 1. The van der Waals surface area contributed by atoms with Crippen molar-refractivity contribution in [3.05, 3.63) is 22.7 Å². The molecule has 0 aliphatic carbocycles. The number of nitrogen functional groups attached to an aromatic ring is 1. The van der Waals surface area contributed by atoms with E-state index >= 15 is 0 Å². The number of nitrogens with two attached hydrogens (primary N) is 1. The van der Waals surface area contributed by atoms with Crippen LogP contribution in [-0.2, 0) is 0 Å². The lowest BCUT2D eigenvalue weighted by molar-refractivity contribution is 0.0691. The third-order valence-electron chi connectivity index (χ3n) is 1.87. The molecule has 16 heavy (non-hydrogen) atoms. The van der Waals surface area contributed by atoms with Crippen molar-refractivity contribution in [3.63, 3.8) is 0 Å². The highest BCUT2D eigenvalue weighted by Crippen LogP contribution is 2.29. The molecule has 4 nitrogen and oxygen atoms in total. The van der Waals surface area contributed by atoms with E-state index in [4.69, 9.17) is 33.6 Å². The van der Waals surface area contributed by atoms with E-state index in [1.54, 1.807) is 6.92 Å². The lowest BCUT2D eigenvalue weighted by Crippen LogP contribution is -2.12. The average molecular weight is 240 g/mol. The fourth-order valence-electron chi connectivity index (χ4n) is 1.06. The molecule has 0 saturated carbocycles. The molecule has 1 rings (SSSR count). The molecule has 1 aromatic rings. The smallest absolute Gasteiger partial charge is 0.339 e. The first kappa shape index (κ1) is 12.2. The molecule has 0 fully saturated rings. The Morgan fingerprint density at radius 3 is 2.81 bits per heavy atom. The van der Waals surface area contributed by atoms with E-state index in [9.17, 15) is 4.79 Å². The van der Waals surface area contributed by atoms with Crippen LogP contribution in [0.4, 0.5) is 5.69 Å². The zero-order valence-corrected chi connectivity index (χ0v) is 9.28. The van der Waals surface area contributed by atoms with Crippen LogP contribution in [0.2, 0.25) is 5.02 Å². The minimum Gasteiger partial charge on any atom is -0.478 e. The molecule has 0 radical (unpaired) electrons. The Labute approximate surface area is 98.0 Å². The van der Waals surface area contributed by atoms with Gasteiger partial charge in [0.15, 0.2) is 6.10 Å². The van der Waals surface area contributed by atoms with Crippen molar-refractivity contribution >= 4 is 23.3 Å². The van der Waals surface area contributed by atoms with E-state index in [0.29, 0.717) is 0 Å². The third-order valence-corrected chi connectivity index (χ3v) is 2.20. The number of benzene rings is 1. The van der Waals surface area contributed by atoms with Crippen LogP contribution in [0.3, 0.4) is 0 Å². The molecule has 0 saturated heterocycles. The number of carboxylic acid groups (broad SMARTS) is 1. The van der Waals surface area contributed by atoms with Gasteiger partial charge < -0.3 is 15.6 Å². The molecule has 0 heterocycles. The zero-order chi connectivity index (χ0) is 12.3. The minimum absolute atomic E-state index is 0.0682. The van der Waals surface area contributed by atoms with Crippen molar-refractivity contribution in [2.75, 3.05) is 5.73 Å². The number of hydrogen-bond acceptors (Lipinski definition) is 3. The van der Waals surface area contributed by atoms with E-state index in [-0.39, 0.29) is 22.0 Å². The van der Waals surface area contributed by atoms with Crippen molar-refractivity contribution in [1.29, 1.82) is 0 Å². The Hall–Kier alpha value is -1.86. The fourth-order valence-corrected chi connectivity index (χ4v) is 1.22. The summed E-state index contributed by atoms with van der Waals surface area (Å²) in [7, 11) is 0. The highest BCUT2D eigenvalue weighted by molar-refractivity contribution is 6.33. The lowest BCUT2D eigenvalue weighted by Gasteiger charge is -2.12. The first-order chi connectivity index (χ1) is 7.45. The van der Waals surface area contributed by atoms with Crippen molar-refractivity contribution in [1.82, 2.24) is 0 Å². The van der Waals surface area contributed by atoms with Gasteiger partial charge in [-0.05, 0) is 13.0 Å². The molecule has 3 N–H and O–H groups in total. The largest absolute Gasteiger partial charge is 0.478 e. The Bertz CT molecular complexity index is 465. The van der Waals surface area contributed by atoms with Gasteiger partial charge in [0.05, 0.1) is 10.7 Å². The number of ether oxygens (including phenoxy) is 1. The maximum absolute atomic E-state index is 10.9. The molecule has 0 spiro atoms. The van der Waals surface area contributed by atoms with Crippen LogP contribution >= 0.6 is 11.6 Å². The summed E-state index contributed by atoms with van der Waals surface area (Å²) in [5.74, 6) is 1.28. The quantitative estimate of drug-likeness (QED) is 0.625. The number of halogens is 1. The molecule has 0 amide bonds. The van der Waals surface area contributed by atoms with E-state index < -0.39 is 12.1 Å². The minimum atomic E-state index is -1.15. The first-order valence-electron chi connectivity index (χ1n) is 4.40. The summed E-state index contributed by atoms with van der Waals surface area (Å²) in [5.41, 5.74) is 5.72. The monoisotopic (exact) mass is 239 g/mol. The summed E-state index contributed by atoms with van der Waals surface area (Å²) in [4.78, 5) is 10.9. The Morgan fingerprint density at radius 1 is 1.69 bits per heavy atom. The molecule has 84 valence electrons. The van der Waals surface area contributed by atoms with Gasteiger partial charge in [0.25, 0.3) is 0 Å². The molecule has 0 aromatic heterocycles. The molecule has 1 unspecified atom stereocenters. The van der Waals surface area contributed by atoms with Gasteiger partial charge in [-0.25, -0.2) is 4.79 Å². The van der Waals surface area contributed by atoms with Gasteiger partial charge in [0.1, 0.15) is 11.3 Å². The molecule has 0 aliphatic heterocycles. The summed E-state index contributed by atoms with van der Waals surface area (Å²) in [5, 5.41) is 9.10. The van der Waals surface area contributed by atoms with Crippen LogP contribution in [0.1, 0.15) is 17.3 Å². The van der Waals surface area contributed by atoms with Crippen molar-refractivity contribution in [3.8, 4) is 18.1 Å². The van der Waals surface area contributed by atoms with E-state index in [1.165, 1.54) is 12.1 Å². The summed E-state index contributed by atoms with van der Waals surface area (Å²) in [6, 6.07) is 2.58. The number of carbonyl (C=O) groups is 1. The second-order valence-corrected chi connectivity index (χ2v) is 3.51. The SMILES string of the molecule is C#CC(C)Oc1cc(N)c(Cl)cc1C(=O)O. The molecule has 5 heteroatoms. The van der Waals surface area contributed by atoms with Gasteiger partial charge in [-0.15, -0.1) is 6.42 Å². The zero-order valence-electron chi connectivity index (χ0n) is 8.53. The van der Waals surface area contributed by atoms with Crippen LogP contribution in [0.15, 0.2) is 12.1 Å². The maximum atomic E-state index is 10.9. The number of rotatable bonds is 3. The molecular weight excluding hydrogens is 230 g/mol. The van der Waals surface area contributed by atoms with Crippen LogP contribution in [0.25, 0.3) is 0 Å². The van der Waals surface area contributed by atoms with Gasteiger partial charge in [0, 0.05) is 6.07 Å². The highest BCUT2D eigenvalue weighted by atomic mass is 35.5. The normalized spacial score (nSPS) is 11.6. The van der Waals surface area contributed by atoms with Crippen LogP contribution < -0.4 is 10.5 Å². The van der Waals surface area contributed by atoms with Gasteiger partial charge in [-0.2, -0.15) is 0 Å². The molecule has 0 aliphatic rings. The molecular formula is C11H10ClNO3. The number of anilines is 1. The van der Waals surface area contributed by atoms with Crippen LogP contribution in [0.5, 0.6) is 5.75 Å². The topological polar surface area (TPSA) is 72.5 Å². The number of terminal acetylenes is 1. The predicted molar refractivity (Wildman–Crippen MR) is 61.7 cm³/mol. The maximum Gasteiger partial charge on any atom is 0.339 e. The highest BCUT2D eigenvalue weighted by Gasteiger charge is 2.15. The van der Waals surface area contributed by atoms with Crippen molar-refractivity contribution in [2.24, 2.45) is 0 Å².